The lowest BCUT2D eigenvalue weighted by molar-refractivity contribution is -0.142. The number of carbonyl (C=O) groups excluding carboxylic acids is 1. The van der Waals surface area contributed by atoms with Gasteiger partial charge in [0.05, 0.1) is 15.7 Å². The minimum atomic E-state index is -1.46. The molecule has 118 valence electrons. The fourth-order valence-electron chi connectivity index (χ4n) is 2.84. The zero-order valence-corrected chi connectivity index (χ0v) is 13.3. The van der Waals surface area contributed by atoms with Crippen molar-refractivity contribution in [3.05, 3.63) is 34.2 Å². The van der Waals surface area contributed by atoms with Gasteiger partial charge in [-0.3, -0.25) is 9.69 Å². The number of rotatable bonds is 3. The molecule has 1 amide bonds. The van der Waals surface area contributed by atoms with Crippen LogP contribution in [0.15, 0.2) is 18.5 Å². The molecule has 2 aromatic rings. The highest BCUT2D eigenvalue weighted by Gasteiger charge is 2.38. The van der Waals surface area contributed by atoms with Crippen molar-refractivity contribution >= 4 is 34.8 Å². The first-order valence-corrected chi connectivity index (χ1v) is 7.70. The Morgan fingerprint density at radius 3 is 2.95 bits per heavy atom. The van der Waals surface area contributed by atoms with Gasteiger partial charge in [0.15, 0.2) is 11.2 Å². The molecule has 3 N–H and O–H groups in total. The Bertz CT molecular complexity index is 733. The Balaban J connectivity index is 1.81. The minimum Gasteiger partial charge on any atom is -0.379 e. The van der Waals surface area contributed by atoms with E-state index in [0.29, 0.717) is 35.1 Å². The quantitative estimate of drug-likeness (QED) is 0.884. The molecule has 0 aromatic carbocycles. The molecule has 8 heteroatoms. The number of β-amino-alcohol motifs (C(OH)–C–C–N with tert-alkyl or cyclic N) is 1. The van der Waals surface area contributed by atoms with Crippen molar-refractivity contribution in [3.8, 4) is 0 Å². The van der Waals surface area contributed by atoms with Crippen molar-refractivity contribution in [2.75, 3.05) is 13.1 Å². The maximum absolute atomic E-state index is 11.4. The van der Waals surface area contributed by atoms with Crippen LogP contribution in [0.5, 0.6) is 0 Å². The van der Waals surface area contributed by atoms with Crippen LogP contribution in [0.25, 0.3) is 5.65 Å². The summed E-state index contributed by atoms with van der Waals surface area (Å²) in [4.78, 5) is 17.8. The summed E-state index contributed by atoms with van der Waals surface area (Å²) in [6, 6.07) is 1.64. The number of aliphatic hydroxyl groups is 1. The fraction of sp³-hybridized carbons (Fsp3) is 0.429. The smallest absolute Gasteiger partial charge is 0.250 e. The number of hydrogen-bond acceptors (Lipinski definition) is 4. The second kappa shape index (κ2) is 5.70. The molecule has 0 spiro atoms. The van der Waals surface area contributed by atoms with Crippen molar-refractivity contribution in [3.63, 3.8) is 0 Å². The number of hydrogen-bond donors (Lipinski definition) is 2. The fourth-order valence-corrected chi connectivity index (χ4v) is 3.37. The van der Waals surface area contributed by atoms with Crippen LogP contribution in [0.1, 0.15) is 18.5 Å². The van der Waals surface area contributed by atoms with E-state index in [9.17, 15) is 9.90 Å². The third-order valence-corrected chi connectivity index (χ3v) is 4.40. The van der Waals surface area contributed by atoms with Gasteiger partial charge in [-0.25, -0.2) is 4.98 Å². The largest absolute Gasteiger partial charge is 0.379 e. The number of fused-ring (bicyclic) bond motifs is 1. The average Bonchev–Trinajstić information content (AvgIpc) is 2.81. The second-order valence-electron chi connectivity index (χ2n) is 5.68. The first-order chi connectivity index (χ1) is 10.4. The number of piperidine rings is 1. The third-order valence-electron chi connectivity index (χ3n) is 3.92. The molecular formula is C14H16Cl2N4O2. The molecular weight excluding hydrogens is 327 g/mol. The number of pyridine rings is 1. The highest BCUT2D eigenvalue weighted by Crippen LogP contribution is 2.24. The van der Waals surface area contributed by atoms with E-state index in [1.807, 2.05) is 11.1 Å². The van der Waals surface area contributed by atoms with E-state index < -0.39 is 11.5 Å². The Labute approximate surface area is 137 Å². The van der Waals surface area contributed by atoms with Crippen LogP contribution in [0.2, 0.25) is 10.0 Å². The molecule has 1 fully saturated rings. The minimum absolute atomic E-state index is 0.213. The second-order valence-corrected chi connectivity index (χ2v) is 6.52. The molecule has 0 bridgehead atoms. The van der Waals surface area contributed by atoms with Crippen molar-refractivity contribution in [1.82, 2.24) is 14.3 Å². The summed E-state index contributed by atoms with van der Waals surface area (Å²) >= 11 is 12.1. The van der Waals surface area contributed by atoms with Crippen LogP contribution in [0.4, 0.5) is 0 Å². The highest BCUT2D eigenvalue weighted by atomic mass is 35.5. The first kappa shape index (κ1) is 15.6. The maximum atomic E-state index is 11.4. The third kappa shape index (κ3) is 2.92. The Morgan fingerprint density at radius 1 is 1.45 bits per heavy atom. The molecule has 0 saturated carbocycles. The van der Waals surface area contributed by atoms with Crippen LogP contribution < -0.4 is 5.73 Å². The molecule has 1 aliphatic rings. The van der Waals surface area contributed by atoms with Crippen LogP contribution >= 0.6 is 23.2 Å². The summed E-state index contributed by atoms with van der Waals surface area (Å²) in [5.74, 6) is -0.679. The van der Waals surface area contributed by atoms with E-state index in [4.69, 9.17) is 28.9 Å². The summed E-state index contributed by atoms with van der Waals surface area (Å²) in [7, 11) is 0. The summed E-state index contributed by atoms with van der Waals surface area (Å²) < 4.78 is 1.77. The Morgan fingerprint density at radius 2 is 2.23 bits per heavy atom. The molecule has 6 nitrogen and oxygen atoms in total. The number of nitrogens with two attached hydrogens (primary N) is 1. The van der Waals surface area contributed by atoms with E-state index in [0.717, 1.165) is 12.2 Å². The van der Waals surface area contributed by atoms with Gasteiger partial charge in [-0.2, -0.15) is 0 Å². The normalized spacial score (nSPS) is 23.0. The lowest BCUT2D eigenvalue weighted by Crippen LogP contribution is -2.55. The number of halogens is 2. The number of primary amides is 1. The molecule has 22 heavy (non-hydrogen) atoms. The van der Waals surface area contributed by atoms with E-state index >= 15 is 0 Å². The molecule has 1 unspecified atom stereocenters. The predicted molar refractivity (Wildman–Crippen MR) is 83.9 cm³/mol. The van der Waals surface area contributed by atoms with Gasteiger partial charge in [-0.05, 0) is 25.5 Å². The Hall–Kier alpha value is -1.34. The zero-order chi connectivity index (χ0) is 15.9. The van der Waals surface area contributed by atoms with Gasteiger partial charge < -0.3 is 15.2 Å². The molecule has 0 radical (unpaired) electrons. The molecule has 1 saturated heterocycles. The Kier molecular flexibility index (Phi) is 4.03. The van der Waals surface area contributed by atoms with Gasteiger partial charge in [-0.1, -0.05) is 23.2 Å². The van der Waals surface area contributed by atoms with Crippen LogP contribution in [0, 0.1) is 0 Å². The molecule has 3 rings (SSSR count). The lowest BCUT2D eigenvalue weighted by atomic mass is 9.92. The number of carbonyl (C=O) groups is 1. The summed E-state index contributed by atoms with van der Waals surface area (Å²) in [5, 5.41) is 11.2. The van der Waals surface area contributed by atoms with E-state index in [-0.39, 0.29) is 6.54 Å². The van der Waals surface area contributed by atoms with Crippen LogP contribution in [0.3, 0.4) is 0 Å². The van der Waals surface area contributed by atoms with E-state index in [2.05, 4.69) is 4.98 Å². The van der Waals surface area contributed by atoms with Crippen molar-refractivity contribution in [2.24, 2.45) is 5.73 Å². The van der Waals surface area contributed by atoms with Gasteiger partial charge >= 0.3 is 0 Å². The number of likely N-dealkylation sites (tertiary alicyclic amines) is 1. The molecule has 1 atom stereocenters. The first-order valence-electron chi connectivity index (χ1n) is 6.95. The summed E-state index contributed by atoms with van der Waals surface area (Å²) in [5.41, 5.74) is 5.25. The lowest BCUT2D eigenvalue weighted by Gasteiger charge is -2.36. The number of amides is 1. The van der Waals surface area contributed by atoms with E-state index in [1.54, 1.807) is 16.7 Å². The van der Waals surface area contributed by atoms with Crippen LogP contribution in [-0.4, -0.2) is 44.0 Å². The van der Waals surface area contributed by atoms with Gasteiger partial charge in [0.1, 0.15) is 0 Å². The van der Waals surface area contributed by atoms with Gasteiger partial charge in [0.25, 0.3) is 5.91 Å². The topological polar surface area (TPSA) is 83.9 Å². The van der Waals surface area contributed by atoms with E-state index in [1.165, 1.54) is 0 Å². The van der Waals surface area contributed by atoms with Crippen molar-refractivity contribution in [2.45, 2.75) is 25.0 Å². The summed E-state index contributed by atoms with van der Waals surface area (Å²) in [6.45, 7) is 1.49. The molecule has 1 aliphatic heterocycles. The standard InChI is InChI=1S/C14H16Cl2N4O2/c15-9-4-11(16)12-18-10(7-20(12)5-9)6-19-3-1-2-14(22,8-19)13(17)21/h4-5,7,22H,1-3,6,8H2,(H2,17,21). The van der Waals surface area contributed by atoms with Crippen molar-refractivity contribution < 1.29 is 9.90 Å². The SMILES string of the molecule is NC(=O)C1(O)CCCN(Cc2cn3cc(Cl)cc(Cl)c3n2)C1. The highest BCUT2D eigenvalue weighted by molar-refractivity contribution is 6.36. The maximum Gasteiger partial charge on any atom is 0.250 e. The van der Waals surface area contributed by atoms with Crippen molar-refractivity contribution in [1.29, 1.82) is 0 Å². The van der Waals surface area contributed by atoms with Gasteiger partial charge in [-0.15, -0.1) is 0 Å². The molecule has 3 heterocycles. The number of imidazole rings is 1. The summed E-state index contributed by atoms with van der Waals surface area (Å²) in [6.07, 6.45) is 4.67. The predicted octanol–water partition coefficient (Wildman–Crippen LogP) is 1.45. The van der Waals surface area contributed by atoms with Gasteiger partial charge in [0, 0.05) is 25.5 Å². The van der Waals surface area contributed by atoms with Gasteiger partial charge in [0.2, 0.25) is 0 Å². The number of aromatic nitrogens is 2. The number of nitrogens with zero attached hydrogens (tertiary/aromatic N) is 3. The zero-order valence-electron chi connectivity index (χ0n) is 11.8. The molecule has 0 aliphatic carbocycles. The van der Waals surface area contributed by atoms with Crippen LogP contribution in [-0.2, 0) is 11.3 Å². The molecule has 2 aromatic heterocycles. The monoisotopic (exact) mass is 342 g/mol. The average molecular weight is 343 g/mol.